The molecule has 158 valence electrons. The highest BCUT2D eigenvalue weighted by molar-refractivity contribution is 14.0. The number of halogens is 1. The summed E-state index contributed by atoms with van der Waals surface area (Å²) in [5.74, 6) is 2.50. The summed E-state index contributed by atoms with van der Waals surface area (Å²) in [7, 11) is 0. The average Bonchev–Trinajstić information content (AvgIpc) is 3.37. The molecule has 28 heavy (non-hydrogen) atoms. The van der Waals surface area contributed by atoms with Crippen LogP contribution in [0.2, 0.25) is 0 Å². The van der Waals surface area contributed by atoms with Gasteiger partial charge in [-0.2, -0.15) is 0 Å². The van der Waals surface area contributed by atoms with Crippen molar-refractivity contribution in [2.75, 3.05) is 45.9 Å². The Morgan fingerprint density at radius 3 is 2.75 bits per heavy atom. The Labute approximate surface area is 187 Å². The van der Waals surface area contributed by atoms with Gasteiger partial charge in [0.05, 0.1) is 13.2 Å². The van der Waals surface area contributed by atoms with E-state index in [9.17, 15) is 0 Å². The monoisotopic (exact) mass is 501 g/mol. The second-order valence-corrected chi connectivity index (χ2v) is 7.63. The summed E-state index contributed by atoms with van der Waals surface area (Å²) in [5, 5.41) is 3.47. The standard InChI is InChI=1S/C21H35N5O.HI/c1-3-13-27-20-8-7-18(14-23-20)15-24-21(22-4-2)26-12-9-19(17-26)16-25-10-5-6-11-25;/h7-8,14,19H,3-6,9-13,15-17H2,1-2H3,(H,22,24);1H. The van der Waals surface area contributed by atoms with Crippen molar-refractivity contribution in [3.63, 3.8) is 0 Å². The third-order valence-electron chi connectivity index (χ3n) is 5.30. The Morgan fingerprint density at radius 2 is 2.07 bits per heavy atom. The van der Waals surface area contributed by atoms with Crippen LogP contribution in [-0.4, -0.2) is 66.6 Å². The number of ether oxygens (including phenoxy) is 1. The lowest BCUT2D eigenvalue weighted by atomic mass is 10.1. The van der Waals surface area contributed by atoms with Crippen LogP contribution < -0.4 is 10.1 Å². The van der Waals surface area contributed by atoms with Crippen LogP contribution in [0.15, 0.2) is 23.3 Å². The Bertz CT molecular complexity index is 589. The fourth-order valence-corrected chi connectivity index (χ4v) is 3.89. The molecule has 0 aliphatic carbocycles. The molecule has 0 aromatic carbocycles. The van der Waals surface area contributed by atoms with Crippen LogP contribution in [-0.2, 0) is 6.54 Å². The maximum atomic E-state index is 5.55. The first kappa shape index (κ1) is 23.2. The zero-order valence-electron chi connectivity index (χ0n) is 17.4. The highest BCUT2D eigenvalue weighted by Crippen LogP contribution is 2.20. The van der Waals surface area contributed by atoms with Crippen molar-refractivity contribution in [3.8, 4) is 5.88 Å². The molecule has 1 aromatic heterocycles. The van der Waals surface area contributed by atoms with Crippen molar-refractivity contribution in [1.29, 1.82) is 0 Å². The maximum Gasteiger partial charge on any atom is 0.213 e. The summed E-state index contributed by atoms with van der Waals surface area (Å²) in [6.07, 6.45) is 6.88. The largest absolute Gasteiger partial charge is 0.478 e. The van der Waals surface area contributed by atoms with E-state index in [1.54, 1.807) is 0 Å². The van der Waals surface area contributed by atoms with E-state index >= 15 is 0 Å². The molecule has 2 saturated heterocycles. The summed E-state index contributed by atoms with van der Waals surface area (Å²) >= 11 is 0. The highest BCUT2D eigenvalue weighted by Gasteiger charge is 2.27. The molecule has 1 N–H and O–H groups in total. The second-order valence-electron chi connectivity index (χ2n) is 7.63. The summed E-state index contributed by atoms with van der Waals surface area (Å²) in [5.41, 5.74) is 1.11. The summed E-state index contributed by atoms with van der Waals surface area (Å²) in [6, 6.07) is 4.00. The molecular formula is C21H36IN5O. The molecule has 3 rings (SSSR count). The van der Waals surface area contributed by atoms with E-state index in [1.165, 1.54) is 38.9 Å². The minimum absolute atomic E-state index is 0. The zero-order valence-corrected chi connectivity index (χ0v) is 19.7. The lowest BCUT2D eigenvalue weighted by Crippen LogP contribution is -2.40. The van der Waals surface area contributed by atoms with E-state index in [0.29, 0.717) is 19.0 Å². The normalized spacial score (nSPS) is 20.3. The van der Waals surface area contributed by atoms with Crippen molar-refractivity contribution in [2.45, 2.75) is 46.1 Å². The third kappa shape index (κ3) is 7.06. The molecule has 0 radical (unpaired) electrons. The first-order valence-electron chi connectivity index (χ1n) is 10.6. The predicted molar refractivity (Wildman–Crippen MR) is 126 cm³/mol. The molecule has 1 unspecified atom stereocenters. The Morgan fingerprint density at radius 1 is 1.25 bits per heavy atom. The number of nitrogens with zero attached hydrogens (tertiary/aromatic N) is 4. The van der Waals surface area contributed by atoms with Gasteiger partial charge in [-0.05, 0) is 57.2 Å². The van der Waals surface area contributed by atoms with Crippen molar-refractivity contribution in [1.82, 2.24) is 20.1 Å². The maximum absolute atomic E-state index is 5.55. The van der Waals surface area contributed by atoms with E-state index in [-0.39, 0.29) is 24.0 Å². The predicted octanol–water partition coefficient (Wildman–Crippen LogP) is 3.37. The molecule has 0 amide bonds. The van der Waals surface area contributed by atoms with Gasteiger partial charge in [0.2, 0.25) is 5.88 Å². The molecule has 0 spiro atoms. The quantitative estimate of drug-likeness (QED) is 0.337. The highest BCUT2D eigenvalue weighted by atomic mass is 127. The number of hydrogen-bond donors (Lipinski definition) is 1. The van der Waals surface area contributed by atoms with Gasteiger partial charge in [0, 0.05) is 38.4 Å². The fraction of sp³-hybridized carbons (Fsp3) is 0.714. The smallest absolute Gasteiger partial charge is 0.213 e. The zero-order chi connectivity index (χ0) is 18.9. The summed E-state index contributed by atoms with van der Waals surface area (Å²) in [6.45, 7) is 12.5. The van der Waals surface area contributed by atoms with Gasteiger partial charge in [0.15, 0.2) is 5.96 Å². The third-order valence-corrected chi connectivity index (χ3v) is 5.30. The van der Waals surface area contributed by atoms with E-state index in [0.717, 1.165) is 43.5 Å². The Balaban J connectivity index is 0.00000280. The molecule has 0 saturated carbocycles. The van der Waals surface area contributed by atoms with Crippen LogP contribution in [0.4, 0.5) is 0 Å². The number of aromatic nitrogens is 1. The average molecular weight is 501 g/mol. The van der Waals surface area contributed by atoms with Gasteiger partial charge in [-0.1, -0.05) is 13.0 Å². The van der Waals surface area contributed by atoms with Crippen LogP contribution in [0.1, 0.15) is 45.1 Å². The van der Waals surface area contributed by atoms with Crippen LogP contribution in [0.25, 0.3) is 0 Å². The first-order valence-corrected chi connectivity index (χ1v) is 10.6. The number of guanidine groups is 1. The number of hydrogen-bond acceptors (Lipinski definition) is 4. The molecule has 2 aliphatic rings. The van der Waals surface area contributed by atoms with Gasteiger partial charge in [0.25, 0.3) is 0 Å². The van der Waals surface area contributed by atoms with Crippen LogP contribution in [0.3, 0.4) is 0 Å². The molecule has 1 aromatic rings. The molecule has 7 heteroatoms. The van der Waals surface area contributed by atoms with Crippen molar-refractivity contribution >= 4 is 29.9 Å². The lowest BCUT2D eigenvalue weighted by molar-refractivity contribution is 0.281. The molecule has 2 fully saturated rings. The fourth-order valence-electron chi connectivity index (χ4n) is 3.89. The topological polar surface area (TPSA) is 53.0 Å². The van der Waals surface area contributed by atoms with Crippen molar-refractivity contribution < 1.29 is 4.74 Å². The van der Waals surface area contributed by atoms with Crippen molar-refractivity contribution in [3.05, 3.63) is 23.9 Å². The number of pyridine rings is 1. The van der Waals surface area contributed by atoms with Gasteiger partial charge in [-0.15, -0.1) is 24.0 Å². The molecule has 1 atom stereocenters. The SMILES string of the molecule is CCCOc1ccc(CN=C(NCC)N2CCC(CN3CCCC3)C2)cn1.I. The Hall–Kier alpha value is -1.09. The summed E-state index contributed by atoms with van der Waals surface area (Å²) in [4.78, 5) is 14.3. The minimum Gasteiger partial charge on any atom is -0.478 e. The molecule has 0 bridgehead atoms. The van der Waals surface area contributed by atoms with E-state index < -0.39 is 0 Å². The molecule has 3 heterocycles. The van der Waals surface area contributed by atoms with Gasteiger partial charge in [-0.25, -0.2) is 9.98 Å². The molecular weight excluding hydrogens is 465 g/mol. The second kappa shape index (κ2) is 12.5. The van der Waals surface area contributed by atoms with Crippen LogP contribution >= 0.6 is 24.0 Å². The lowest BCUT2D eigenvalue weighted by Gasteiger charge is -2.23. The van der Waals surface area contributed by atoms with Crippen LogP contribution in [0.5, 0.6) is 5.88 Å². The molecule has 2 aliphatic heterocycles. The van der Waals surface area contributed by atoms with Crippen molar-refractivity contribution in [2.24, 2.45) is 10.9 Å². The minimum atomic E-state index is 0. The summed E-state index contributed by atoms with van der Waals surface area (Å²) < 4.78 is 5.55. The van der Waals surface area contributed by atoms with Gasteiger partial charge < -0.3 is 19.9 Å². The van der Waals surface area contributed by atoms with E-state index in [2.05, 4.69) is 40.0 Å². The van der Waals surface area contributed by atoms with Gasteiger partial charge in [0.1, 0.15) is 0 Å². The number of rotatable bonds is 8. The van der Waals surface area contributed by atoms with Gasteiger partial charge >= 0.3 is 0 Å². The van der Waals surface area contributed by atoms with E-state index in [1.807, 2.05) is 12.3 Å². The van der Waals surface area contributed by atoms with Gasteiger partial charge in [-0.3, -0.25) is 0 Å². The molecule has 6 nitrogen and oxygen atoms in total. The first-order chi connectivity index (χ1) is 13.3. The van der Waals surface area contributed by atoms with E-state index in [4.69, 9.17) is 9.73 Å². The van der Waals surface area contributed by atoms with Crippen LogP contribution in [0, 0.1) is 5.92 Å². The number of nitrogens with one attached hydrogen (secondary N) is 1. The number of likely N-dealkylation sites (tertiary alicyclic amines) is 2. The Kier molecular flexibility index (Phi) is 10.3. The number of aliphatic imine (C=N–C) groups is 1.